The lowest BCUT2D eigenvalue weighted by Gasteiger charge is -2.10. The Hall–Kier alpha value is -2.34. The molecule has 0 amide bonds. The van der Waals surface area contributed by atoms with Crippen molar-refractivity contribution in [2.75, 3.05) is 5.32 Å². The summed E-state index contributed by atoms with van der Waals surface area (Å²) in [5, 5.41) is 12.2. The summed E-state index contributed by atoms with van der Waals surface area (Å²) in [6, 6.07) is 14.2. The van der Waals surface area contributed by atoms with Gasteiger partial charge in [0.25, 0.3) is 0 Å². The Labute approximate surface area is 106 Å². The maximum atomic E-state index is 13.0. The summed E-state index contributed by atoms with van der Waals surface area (Å²) in [5.74, 6) is -0.240. The summed E-state index contributed by atoms with van der Waals surface area (Å²) < 4.78 is 13.0. The number of anilines is 1. The minimum atomic E-state index is -0.240. The van der Waals surface area contributed by atoms with Crippen LogP contribution in [0.2, 0.25) is 0 Å². The monoisotopic (exact) mass is 240 g/mol. The van der Waals surface area contributed by atoms with Crippen LogP contribution < -0.4 is 5.32 Å². The molecule has 0 aliphatic rings. The standard InChI is InChI=1S/C15H13FN2/c1-11-8-14(16)6-7-15(11)18-10-13-5-3-2-4-12(13)9-17/h2-8,18H,10H2,1H3. The molecule has 0 unspecified atom stereocenters. The Morgan fingerprint density at radius 2 is 2.00 bits per heavy atom. The summed E-state index contributed by atoms with van der Waals surface area (Å²) in [7, 11) is 0. The number of hydrogen-bond acceptors (Lipinski definition) is 2. The molecular weight excluding hydrogens is 227 g/mol. The molecule has 0 saturated carbocycles. The highest BCUT2D eigenvalue weighted by Gasteiger charge is 2.02. The van der Waals surface area contributed by atoms with E-state index < -0.39 is 0 Å². The molecule has 0 fully saturated rings. The second kappa shape index (κ2) is 5.33. The van der Waals surface area contributed by atoms with Gasteiger partial charge in [-0.05, 0) is 42.3 Å². The molecule has 2 rings (SSSR count). The molecule has 0 bridgehead atoms. The van der Waals surface area contributed by atoms with Gasteiger partial charge in [-0.15, -0.1) is 0 Å². The van der Waals surface area contributed by atoms with E-state index in [0.29, 0.717) is 12.1 Å². The Morgan fingerprint density at radius 3 is 2.72 bits per heavy atom. The quantitative estimate of drug-likeness (QED) is 0.889. The van der Waals surface area contributed by atoms with Crippen molar-refractivity contribution in [3.63, 3.8) is 0 Å². The van der Waals surface area contributed by atoms with Gasteiger partial charge >= 0.3 is 0 Å². The van der Waals surface area contributed by atoms with Crippen molar-refractivity contribution in [2.45, 2.75) is 13.5 Å². The van der Waals surface area contributed by atoms with Gasteiger partial charge in [0.1, 0.15) is 5.82 Å². The molecule has 0 aliphatic carbocycles. The van der Waals surface area contributed by atoms with Gasteiger partial charge in [-0.25, -0.2) is 4.39 Å². The van der Waals surface area contributed by atoms with Crippen LogP contribution in [0.1, 0.15) is 16.7 Å². The molecule has 90 valence electrons. The highest BCUT2D eigenvalue weighted by molar-refractivity contribution is 5.51. The Bertz CT molecular complexity index is 600. The minimum absolute atomic E-state index is 0.240. The van der Waals surface area contributed by atoms with Crippen LogP contribution in [-0.4, -0.2) is 0 Å². The zero-order chi connectivity index (χ0) is 13.0. The summed E-state index contributed by atoms with van der Waals surface area (Å²) >= 11 is 0. The lowest BCUT2D eigenvalue weighted by molar-refractivity contribution is 0.627. The molecule has 3 heteroatoms. The van der Waals surface area contributed by atoms with Gasteiger partial charge < -0.3 is 5.32 Å². The number of aryl methyl sites for hydroxylation is 1. The van der Waals surface area contributed by atoms with Crippen molar-refractivity contribution < 1.29 is 4.39 Å². The summed E-state index contributed by atoms with van der Waals surface area (Å²) in [4.78, 5) is 0. The number of nitriles is 1. The second-order valence-electron chi connectivity index (χ2n) is 4.08. The first-order valence-electron chi connectivity index (χ1n) is 5.69. The average Bonchev–Trinajstić information content (AvgIpc) is 2.38. The predicted octanol–water partition coefficient (Wildman–Crippen LogP) is 3.62. The van der Waals surface area contributed by atoms with Gasteiger partial charge in [0.2, 0.25) is 0 Å². The van der Waals surface area contributed by atoms with Crippen molar-refractivity contribution in [1.29, 1.82) is 5.26 Å². The first kappa shape index (κ1) is 12.1. The van der Waals surface area contributed by atoms with Crippen molar-refractivity contribution in [2.24, 2.45) is 0 Å². The van der Waals surface area contributed by atoms with Crippen molar-refractivity contribution in [3.8, 4) is 6.07 Å². The van der Waals surface area contributed by atoms with Crippen LogP contribution in [0.25, 0.3) is 0 Å². The van der Waals surface area contributed by atoms with Gasteiger partial charge in [-0.1, -0.05) is 18.2 Å². The minimum Gasteiger partial charge on any atom is -0.381 e. The van der Waals surface area contributed by atoms with Crippen LogP contribution in [0.4, 0.5) is 10.1 Å². The first-order valence-corrected chi connectivity index (χ1v) is 5.69. The number of nitrogens with zero attached hydrogens (tertiary/aromatic N) is 1. The van der Waals surface area contributed by atoms with Crippen molar-refractivity contribution >= 4 is 5.69 Å². The zero-order valence-corrected chi connectivity index (χ0v) is 10.1. The van der Waals surface area contributed by atoms with Gasteiger partial charge in [0.15, 0.2) is 0 Å². The summed E-state index contributed by atoms with van der Waals surface area (Å²) in [6.07, 6.45) is 0. The molecule has 1 N–H and O–H groups in total. The summed E-state index contributed by atoms with van der Waals surface area (Å²) in [6.45, 7) is 2.40. The van der Waals surface area contributed by atoms with E-state index in [1.54, 1.807) is 12.1 Å². The maximum absolute atomic E-state index is 13.0. The molecular formula is C15H13FN2. The highest BCUT2D eigenvalue weighted by Crippen LogP contribution is 2.17. The van der Waals surface area contributed by atoms with Gasteiger partial charge in [-0.2, -0.15) is 5.26 Å². The van der Waals surface area contributed by atoms with E-state index in [0.717, 1.165) is 16.8 Å². The molecule has 2 aromatic carbocycles. The lowest BCUT2D eigenvalue weighted by Crippen LogP contribution is -2.03. The molecule has 2 aromatic rings. The maximum Gasteiger partial charge on any atom is 0.123 e. The molecule has 0 radical (unpaired) electrons. The van der Waals surface area contributed by atoms with Crippen molar-refractivity contribution in [1.82, 2.24) is 0 Å². The van der Waals surface area contributed by atoms with Crippen LogP contribution >= 0.6 is 0 Å². The topological polar surface area (TPSA) is 35.8 Å². The number of hydrogen-bond donors (Lipinski definition) is 1. The fourth-order valence-corrected chi connectivity index (χ4v) is 1.80. The number of halogens is 1. The van der Waals surface area contributed by atoms with E-state index in [-0.39, 0.29) is 5.82 Å². The van der Waals surface area contributed by atoms with Crippen LogP contribution in [0.3, 0.4) is 0 Å². The van der Waals surface area contributed by atoms with Crippen LogP contribution in [0.15, 0.2) is 42.5 Å². The molecule has 0 heterocycles. The second-order valence-corrected chi connectivity index (χ2v) is 4.08. The third kappa shape index (κ3) is 2.67. The van der Waals surface area contributed by atoms with Crippen LogP contribution in [0.5, 0.6) is 0 Å². The van der Waals surface area contributed by atoms with E-state index in [1.165, 1.54) is 12.1 Å². The molecule has 2 nitrogen and oxygen atoms in total. The van der Waals surface area contributed by atoms with Crippen LogP contribution in [0, 0.1) is 24.1 Å². The smallest absolute Gasteiger partial charge is 0.123 e. The van der Waals surface area contributed by atoms with Crippen LogP contribution in [-0.2, 0) is 6.54 Å². The molecule has 0 atom stereocenters. The zero-order valence-electron chi connectivity index (χ0n) is 10.1. The molecule has 0 spiro atoms. The normalized spacial score (nSPS) is 9.83. The van der Waals surface area contributed by atoms with E-state index in [1.807, 2.05) is 25.1 Å². The largest absolute Gasteiger partial charge is 0.381 e. The summed E-state index contributed by atoms with van der Waals surface area (Å²) in [5.41, 5.74) is 3.32. The SMILES string of the molecule is Cc1cc(F)ccc1NCc1ccccc1C#N. The number of nitrogens with one attached hydrogen (secondary N) is 1. The number of benzene rings is 2. The van der Waals surface area contributed by atoms with Gasteiger partial charge in [-0.3, -0.25) is 0 Å². The molecule has 0 aromatic heterocycles. The lowest BCUT2D eigenvalue weighted by atomic mass is 10.1. The Kier molecular flexibility index (Phi) is 3.59. The fourth-order valence-electron chi connectivity index (χ4n) is 1.80. The predicted molar refractivity (Wildman–Crippen MR) is 69.6 cm³/mol. The Morgan fingerprint density at radius 1 is 1.22 bits per heavy atom. The van der Waals surface area contributed by atoms with Gasteiger partial charge in [0.05, 0.1) is 11.6 Å². The molecule has 0 saturated heterocycles. The average molecular weight is 240 g/mol. The van der Waals surface area contributed by atoms with E-state index in [2.05, 4.69) is 11.4 Å². The first-order chi connectivity index (χ1) is 8.70. The molecule has 18 heavy (non-hydrogen) atoms. The van der Waals surface area contributed by atoms with Crippen molar-refractivity contribution in [3.05, 3.63) is 65.0 Å². The molecule has 0 aliphatic heterocycles. The third-order valence-corrected chi connectivity index (χ3v) is 2.80. The highest BCUT2D eigenvalue weighted by atomic mass is 19.1. The third-order valence-electron chi connectivity index (χ3n) is 2.80. The van der Waals surface area contributed by atoms with Gasteiger partial charge in [0, 0.05) is 12.2 Å². The van der Waals surface area contributed by atoms with E-state index >= 15 is 0 Å². The van der Waals surface area contributed by atoms with E-state index in [4.69, 9.17) is 5.26 Å². The Balaban J connectivity index is 2.14. The number of rotatable bonds is 3. The fraction of sp³-hybridized carbons (Fsp3) is 0.133. The van der Waals surface area contributed by atoms with E-state index in [9.17, 15) is 4.39 Å².